The number of nitrogens with one attached hydrogen (secondary N) is 2. The Kier molecular flexibility index (Phi) is 4.95. The minimum atomic E-state index is -0.227. The van der Waals surface area contributed by atoms with E-state index >= 15 is 0 Å². The van der Waals surface area contributed by atoms with Crippen molar-refractivity contribution in [2.75, 3.05) is 11.9 Å². The molecule has 6 heteroatoms. The van der Waals surface area contributed by atoms with Crippen molar-refractivity contribution >= 4 is 33.7 Å². The molecule has 104 valence electrons. The fourth-order valence-electron chi connectivity index (χ4n) is 1.55. The maximum Gasteiger partial charge on any atom is 0.259 e. The third kappa shape index (κ3) is 4.24. The van der Waals surface area contributed by atoms with Gasteiger partial charge in [0.15, 0.2) is 4.67 Å². The van der Waals surface area contributed by atoms with Gasteiger partial charge in [-0.2, -0.15) is 5.10 Å². The van der Waals surface area contributed by atoms with Crippen molar-refractivity contribution in [2.24, 2.45) is 5.10 Å². The van der Waals surface area contributed by atoms with Crippen LogP contribution in [0.2, 0.25) is 0 Å². The molecule has 0 atom stereocenters. The number of furan rings is 1. The molecule has 0 aliphatic rings. The highest BCUT2D eigenvalue weighted by Gasteiger charge is 2.01. The molecule has 1 amide bonds. The first-order valence-electron chi connectivity index (χ1n) is 6.02. The summed E-state index contributed by atoms with van der Waals surface area (Å²) in [7, 11) is 0. The highest BCUT2D eigenvalue weighted by molar-refractivity contribution is 9.10. The van der Waals surface area contributed by atoms with Crippen LogP contribution in [-0.4, -0.2) is 18.7 Å². The van der Waals surface area contributed by atoms with E-state index in [2.05, 4.69) is 31.8 Å². The van der Waals surface area contributed by atoms with Gasteiger partial charge in [0.25, 0.3) is 5.91 Å². The lowest BCUT2D eigenvalue weighted by atomic mass is 10.2. The van der Waals surface area contributed by atoms with Crippen molar-refractivity contribution in [3.05, 3.63) is 52.4 Å². The fourth-order valence-corrected chi connectivity index (χ4v) is 1.87. The number of hydrogen-bond acceptors (Lipinski definition) is 4. The minimum absolute atomic E-state index is 0.157. The highest BCUT2D eigenvalue weighted by atomic mass is 79.9. The van der Waals surface area contributed by atoms with Crippen LogP contribution in [0.25, 0.3) is 0 Å². The number of carbonyl (C=O) groups excluding carboxylic acids is 1. The summed E-state index contributed by atoms with van der Waals surface area (Å²) in [5, 5.41) is 6.86. The first-order chi connectivity index (χ1) is 9.65. The normalized spacial score (nSPS) is 10.7. The average Bonchev–Trinajstić information content (AvgIpc) is 2.83. The number of benzene rings is 1. The molecule has 2 N–H and O–H groups in total. The number of anilines is 1. The minimum Gasteiger partial charge on any atom is -0.448 e. The lowest BCUT2D eigenvalue weighted by Crippen LogP contribution is -2.26. The van der Waals surface area contributed by atoms with Gasteiger partial charge in [-0.1, -0.05) is 18.2 Å². The summed E-state index contributed by atoms with van der Waals surface area (Å²) in [4.78, 5) is 11.6. The Hall–Kier alpha value is -2.08. The largest absolute Gasteiger partial charge is 0.448 e. The standard InChI is InChI=1S/C14H14BrN3O2/c1-10-4-2-3-5-12(10)16-9-14(19)18-17-8-11-6-7-13(15)20-11/h2-8,16H,9H2,1H3,(H,18,19). The second-order valence-corrected chi connectivity index (χ2v) is 4.89. The topological polar surface area (TPSA) is 66.6 Å². The number of hydrogen-bond donors (Lipinski definition) is 2. The first-order valence-corrected chi connectivity index (χ1v) is 6.81. The molecule has 0 bridgehead atoms. The summed E-state index contributed by atoms with van der Waals surface area (Å²) in [5.74, 6) is 0.333. The average molecular weight is 336 g/mol. The molecule has 2 aromatic rings. The van der Waals surface area contributed by atoms with Crippen LogP contribution in [0.1, 0.15) is 11.3 Å². The third-order valence-corrected chi connectivity index (χ3v) is 2.99. The third-order valence-electron chi connectivity index (χ3n) is 2.56. The highest BCUT2D eigenvalue weighted by Crippen LogP contribution is 2.12. The van der Waals surface area contributed by atoms with E-state index in [0.29, 0.717) is 10.4 Å². The zero-order valence-corrected chi connectivity index (χ0v) is 12.5. The van der Waals surface area contributed by atoms with E-state index in [4.69, 9.17) is 4.42 Å². The molecule has 0 aliphatic carbocycles. The van der Waals surface area contributed by atoms with Gasteiger partial charge in [0.05, 0.1) is 12.8 Å². The van der Waals surface area contributed by atoms with Crippen LogP contribution in [0.5, 0.6) is 0 Å². The number of amides is 1. The Morgan fingerprint density at radius 2 is 2.15 bits per heavy atom. The predicted octanol–water partition coefficient (Wildman–Crippen LogP) is 2.91. The second-order valence-electron chi connectivity index (χ2n) is 4.10. The fraction of sp³-hybridized carbons (Fsp3) is 0.143. The maximum atomic E-state index is 11.6. The number of aryl methyl sites for hydroxylation is 1. The molecule has 0 saturated heterocycles. The summed E-state index contributed by atoms with van der Waals surface area (Å²) < 4.78 is 5.83. The van der Waals surface area contributed by atoms with E-state index in [1.165, 1.54) is 6.21 Å². The van der Waals surface area contributed by atoms with Crippen molar-refractivity contribution in [1.82, 2.24) is 5.43 Å². The van der Waals surface area contributed by atoms with Crippen molar-refractivity contribution < 1.29 is 9.21 Å². The molecule has 2 rings (SSSR count). The molecule has 0 unspecified atom stereocenters. The predicted molar refractivity (Wildman–Crippen MR) is 81.8 cm³/mol. The van der Waals surface area contributed by atoms with Gasteiger partial charge in [0.1, 0.15) is 5.76 Å². The molecule has 0 aliphatic heterocycles. The summed E-state index contributed by atoms with van der Waals surface area (Å²) in [6, 6.07) is 11.3. The van der Waals surface area contributed by atoms with Crippen LogP contribution in [0, 0.1) is 6.92 Å². The van der Waals surface area contributed by atoms with E-state index in [1.54, 1.807) is 12.1 Å². The zero-order valence-electron chi connectivity index (χ0n) is 10.9. The van der Waals surface area contributed by atoms with Gasteiger partial charge < -0.3 is 9.73 Å². The Morgan fingerprint density at radius 3 is 2.85 bits per heavy atom. The Bertz CT molecular complexity index is 622. The molecule has 0 radical (unpaired) electrons. The van der Waals surface area contributed by atoms with E-state index in [0.717, 1.165) is 11.3 Å². The lowest BCUT2D eigenvalue weighted by Gasteiger charge is -2.07. The monoisotopic (exact) mass is 335 g/mol. The lowest BCUT2D eigenvalue weighted by molar-refractivity contribution is -0.119. The zero-order chi connectivity index (χ0) is 14.4. The molecule has 20 heavy (non-hydrogen) atoms. The van der Waals surface area contributed by atoms with E-state index in [-0.39, 0.29) is 12.5 Å². The Labute approximate surface area is 125 Å². The molecular formula is C14H14BrN3O2. The van der Waals surface area contributed by atoms with Gasteiger partial charge in [-0.3, -0.25) is 4.79 Å². The van der Waals surface area contributed by atoms with Gasteiger partial charge in [-0.15, -0.1) is 0 Å². The summed E-state index contributed by atoms with van der Waals surface area (Å²) >= 11 is 3.18. The van der Waals surface area contributed by atoms with Crippen molar-refractivity contribution in [1.29, 1.82) is 0 Å². The van der Waals surface area contributed by atoms with Gasteiger partial charge in [-0.25, -0.2) is 5.43 Å². The van der Waals surface area contributed by atoms with Gasteiger partial charge >= 0.3 is 0 Å². The van der Waals surface area contributed by atoms with Crippen molar-refractivity contribution in [3.8, 4) is 0 Å². The van der Waals surface area contributed by atoms with Crippen LogP contribution >= 0.6 is 15.9 Å². The first kappa shape index (κ1) is 14.3. The Morgan fingerprint density at radius 1 is 1.35 bits per heavy atom. The number of hydrazone groups is 1. The maximum absolute atomic E-state index is 11.6. The number of halogens is 1. The van der Waals surface area contributed by atoms with Crippen molar-refractivity contribution in [2.45, 2.75) is 6.92 Å². The second kappa shape index (κ2) is 6.91. The van der Waals surface area contributed by atoms with Gasteiger partial charge in [-0.05, 0) is 46.6 Å². The summed E-state index contributed by atoms with van der Waals surface area (Å²) in [5.41, 5.74) is 4.44. The van der Waals surface area contributed by atoms with Crippen molar-refractivity contribution in [3.63, 3.8) is 0 Å². The molecule has 0 fully saturated rings. The van der Waals surface area contributed by atoms with Crippen LogP contribution in [0.4, 0.5) is 5.69 Å². The molecule has 5 nitrogen and oxygen atoms in total. The van der Waals surface area contributed by atoms with Gasteiger partial charge in [0, 0.05) is 5.69 Å². The van der Waals surface area contributed by atoms with E-state index < -0.39 is 0 Å². The van der Waals surface area contributed by atoms with Gasteiger partial charge in [0.2, 0.25) is 0 Å². The Balaban J connectivity index is 1.78. The molecule has 0 saturated carbocycles. The SMILES string of the molecule is Cc1ccccc1NCC(=O)NN=Cc1ccc(Br)o1. The van der Waals surface area contributed by atoms with E-state index in [9.17, 15) is 4.79 Å². The van der Waals surface area contributed by atoms with Crippen LogP contribution in [0.3, 0.4) is 0 Å². The molecule has 0 spiro atoms. The van der Waals surface area contributed by atoms with Crippen LogP contribution in [0.15, 0.2) is 50.6 Å². The molecule has 1 heterocycles. The number of nitrogens with zero attached hydrogens (tertiary/aromatic N) is 1. The summed E-state index contributed by atoms with van der Waals surface area (Å²) in [6.07, 6.45) is 1.44. The number of rotatable bonds is 5. The molecular weight excluding hydrogens is 322 g/mol. The summed E-state index contributed by atoms with van der Waals surface area (Å²) in [6.45, 7) is 2.14. The quantitative estimate of drug-likeness (QED) is 0.652. The molecule has 1 aromatic heterocycles. The van der Waals surface area contributed by atoms with E-state index in [1.807, 2.05) is 31.2 Å². The number of para-hydroxylation sites is 1. The smallest absolute Gasteiger partial charge is 0.259 e. The molecule has 1 aromatic carbocycles. The van der Waals surface area contributed by atoms with Crippen LogP contribution < -0.4 is 10.7 Å². The van der Waals surface area contributed by atoms with Crippen LogP contribution in [-0.2, 0) is 4.79 Å². The number of carbonyl (C=O) groups is 1.